The molecule has 0 N–H and O–H groups in total. The first-order valence-electron chi connectivity index (χ1n) is 4.23. The second kappa shape index (κ2) is 3.43. The van der Waals surface area contributed by atoms with E-state index in [9.17, 15) is 0 Å². The Labute approximate surface area is 81.7 Å². The van der Waals surface area contributed by atoms with Gasteiger partial charge in [-0.2, -0.15) is 0 Å². The van der Waals surface area contributed by atoms with Crippen LogP contribution in [0.4, 0.5) is 0 Å². The first kappa shape index (κ1) is 8.64. The molecule has 0 atom stereocenters. The maximum atomic E-state index is 5.35. The number of hydrogen-bond acceptors (Lipinski definition) is 3. The van der Waals surface area contributed by atoms with Gasteiger partial charge in [-0.3, -0.25) is 0 Å². The van der Waals surface area contributed by atoms with Gasteiger partial charge in [0.25, 0.3) is 0 Å². The van der Waals surface area contributed by atoms with Crippen molar-refractivity contribution in [3.05, 3.63) is 24.1 Å². The highest BCUT2D eigenvalue weighted by Crippen LogP contribution is 2.21. The number of nitrogens with zero attached hydrogens (tertiary/aromatic N) is 1. The fourth-order valence-corrected chi connectivity index (χ4v) is 1.23. The van der Waals surface area contributed by atoms with Crippen molar-refractivity contribution >= 4 is 11.1 Å². The van der Waals surface area contributed by atoms with Gasteiger partial charge in [0.05, 0.1) is 0 Å². The van der Waals surface area contributed by atoms with Crippen LogP contribution in [0.15, 0.2) is 22.6 Å². The largest absolute Gasteiger partial charge is 0.481 e. The Morgan fingerprint density at radius 2 is 2.43 bits per heavy atom. The van der Waals surface area contributed by atoms with Crippen LogP contribution in [0.2, 0.25) is 0 Å². The van der Waals surface area contributed by atoms with Gasteiger partial charge in [-0.25, -0.2) is 4.98 Å². The zero-order valence-corrected chi connectivity index (χ0v) is 7.78. The molecule has 2 aromatic rings. The molecule has 0 saturated heterocycles. The number of terminal acetylenes is 1. The summed E-state index contributed by atoms with van der Waals surface area (Å²) in [6.45, 7) is 2.07. The lowest BCUT2D eigenvalue weighted by Crippen LogP contribution is -1.92. The summed E-state index contributed by atoms with van der Waals surface area (Å²) in [7, 11) is 0. The maximum absolute atomic E-state index is 5.35. The van der Waals surface area contributed by atoms with Crippen LogP contribution in [-0.4, -0.2) is 11.6 Å². The second-order valence-electron chi connectivity index (χ2n) is 2.86. The average molecular weight is 187 g/mol. The monoisotopic (exact) mass is 187 g/mol. The SMILES string of the molecule is C#CCOc1ccc2nc(C)oc2c1. The van der Waals surface area contributed by atoms with Crippen molar-refractivity contribution in [2.24, 2.45) is 0 Å². The first-order valence-corrected chi connectivity index (χ1v) is 4.23. The number of fused-ring (bicyclic) bond motifs is 1. The van der Waals surface area contributed by atoms with Gasteiger partial charge in [-0.05, 0) is 12.1 Å². The quantitative estimate of drug-likeness (QED) is 0.676. The zero-order valence-electron chi connectivity index (χ0n) is 7.78. The Hall–Kier alpha value is -1.95. The fraction of sp³-hybridized carbons (Fsp3) is 0.182. The van der Waals surface area contributed by atoms with Crippen LogP contribution in [0.5, 0.6) is 5.75 Å². The smallest absolute Gasteiger partial charge is 0.192 e. The highest BCUT2D eigenvalue weighted by atomic mass is 16.5. The molecule has 0 aliphatic heterocycles. The van der Waals surface area contributed by atoms with E-state index in [0.29, 0.717) is 11.6 Å². The van der Waals surface area contributed by atoms with Crippen molar-refractivity contribution < 1.29 is 9.15 Å². The fourth-order valence-electron chi connectivity index (χ4n) is 1.23. The minimum atomic E-state index is 0.263. The minimum absolute atomic E-state index is 0.263. The van der Waals surface area contributed by atoms with Crippen LogP contribution in [0, 0.1) is 19.3 Å². The maximum Gasteiger partial charge on any atom is 0.192 e. The van der Waals surface area contributed by atoms with Crippen molar-refractivity contribution in [3.63, 3.8) is 0 Å². The van der Waals surface area contributed by atoms with Gasteiger partial charge < -0.3 is 9.15 Å². The lowest BCUT2D eigenvalue weighted by Gasteiger charge is -1.99. The van der Waals surface area contributed by atoms with Crippen molar-refractivity contribution in [3.8, 4) is 18.1 Å². The standard InChI is InChI=1S/C11H9NO2/c1-3-6-13-9-4-5-10-11(7-9)14-8(2)12-10/h1,4-5,7H,6H2,2H3. The number of benzene rings is 1. The molecule has 0 aliphatic rings. The lowest BCUT2D eigenvalue weighted by atomic mass is 10.3. The molecule has 0 saturated carbocycles. The van der Waals surface area contributed by atoms with Gasteiger partial charge in [0, 0.05) is 13.0 Å². The predicted molar refractivity (Wildman–Crippen MR) is 53.1 cm³/mol. The molecular formula is C11H9NO2. The van der Waals surface area contributed by atoms with Crippen molar-refractivity contribution in [1.29, 1.82) is 0 Å². The molecule has 0 bridgehead atoms. The van der Waals surface area contributed by atoms with Gasteiger partial charge in [-0.15, -0.1) is 6.42 Å². The average Bonchev–Trinajstić information content (AvgIpc) is 2.54. The molecular weight excluding hydrogens is 178 g/mol. The summed E-state index contributed by atoms with van der Waals surface area (Å²) >= 11 is 0. The van der Waals surface area contributed by atoms with Crippen molar-refractivity contribution in [2.45, 2.75) is 6.92 Å². The molecule has 0 fully saturated rings. The molecule has 70 valence electrons. The van der Waals surface area contributed by atoms with E-state index in [4.69, 9.17) is 15.6 Å². The zero-order chi connectivity index (χ0) is 9.97. The Kier molecular flexibility index (Phi) is 2.11. The predicted octanol–water partition coefficient (Wildman–Crippen LogP) is 2.15. The molecule has 3 heteroatoms. The molecule has 1 aromatic heterocycles. The molecule has 0 radical (unpaired) electrons. The topological polar surface area (TPSA) is 35.3 Å². The Morgan fingerprint density at radius 1 is 1.57 bits per heavy atom. The molecule has 14 heavy (non-hydrogen) atoms. The van der Waals surface area contributed by atoms with Gasteiger partial charge >= 0.3 is 0 Å². The summed E-state index contributed by atoms with van der Waals surface area (Å²) in [5.41, 5.74) is 1.55. The summed E-state index contributed by atoms with van der Waals surface area (Å²) in [6, 6.07) is 5.45. The summed E-state index contributed by atoms with van der Waals surface area (Å²) in [5, 5.41) is 0. The molecule has 3 nitrogen and oxygen atoms in total. The number of ether oxygens (including phenoxy) is 1. The number of aromatic nitrogens is 1. The van der Waals surface area contributed by atoms with Crippen LogP contribution < -0.4 is 4.74 Å². The van der Waals surface area contributed by atoms with Gasteiger partial charge in [-0.1, -0.05) is 5.92 Å². The van der Waals surface area contributed by atoms with Gasteiger partial charge in [0.1, 0.15) is 17.9 Å². The van der Waals surface area contributed by atoms with E-state index in [0.717, 1.165) is 11.1 Å². The van der Waals surface area contributed by atoms with E-state index in [-0.39, 0.29) is 6.61 Å². The molecule has 2 rings (SSSR count). The number of rotatable bonds is 2. The number of aryl methyl sites for hydroxylation is 1. The summed E-state index contributed by atoms with van der Waals surface area (Å²) in [6.07, 6.45) is 5.08. The normalized spacial score (nSPS) is 10.0. The van der Waals surface area contributed by atoms with E-state index in [1.54, 1.807) is 6.07 Å². The summed E-state index contributed by atoms with van der Waals surface area (Å²) < 4.78 is 10.6. The molecule has 0 spiro atoms. The Bertz CT molecular complexity index is 493. The third-order valence-electron chi connectivity index (χ3n) is 1.79. The highest BCUT2D eigenvalue weighted by Gasteiger charge is 2.02. The third kappa shape index (κ3) is 1.55. The first-order chi connectivity index (χ1) is 6.79. The second-order valence-corrected chi connectivity index (χ2v) is 2.86. The van der Waals surface area contributed by atoms with Crippen molar-refractivity contribution in [1.82, 2.24) is 4.98 Å². The molecule has 1 heterocycles. The van der Waals surface area contributed by atoms with E-state index in [1.165, 1.54) is 0 Å². The van der Waals surface area contributed by atoms with E-state index in [2.05, 4.69) is 10.9 Å². The molecule has 0 aliphatic carbocycles. The molecule has 0 unspecified atom stereocenters. The minimum Gasteiger partial charge on any atom is -0.481 e. The van der Waals surface area contributed by atoms with E-state index < -0.39 is 0 Å². The molecule has 1 aromatic carbocycles. The van der Waals surface area contributed by atoms with Crippen LogP contribution in [0.1, 0.15) is 5.89 Å². The van der Waals surface area contributed by atoms with Crippen molar-refractivity contribution in [2.75, 3.05) is 6.61 Å². The Balaban J connectivity index is 2.36. The number of hydrogen-bond donors (Lipinski definition) is 0. The Morgan fingerprint density at radius 3 is 3.21 bits per heavy atom. The lowest BCUT2D eigenvalue weighted by molar-refractivity contribution is 0.370. The summed E-state index contributed by atoms with van der Waals surface area (Å²) in [4.78, 5) is 4.17. The van der Waals surface area contributed by atoms with Gasteiger partial charge in [0.2, 0.25) is 0 Å². The van der Waals surface area contributed by atoms with Crippen LogP contribution in [0.3, 0.4) is 0 Å². The van der Waals surface area contributed by atoms with E-state index >= 15 is 0 Å². The van der Waals surface area contributed by atoms with Gasteiger partial charge in [0.15, 0.2) is 11.5 Å². The van der Waals surface area contributed by atoms with E-state index in [1.807, 2.05) is 19.1 Å². The third-order valence-corrected chi connectivity index (χ3v) is 1.79. The van der Waals surface area contributed by atoms with Crippen LogP contribution in [-0.2, 0) is 0 Å². The van der Waals surface area contributed by atoms with Crippen LogP contribution >= 0.6 is 0 Å². The molecule has 0 amide bonds. The highest BCUT2D eigenvalue weighted by molar-refractivity contribution is 5.74. The van der Waals surface area contributed by atoms with Crippen LogP contribution in [0.25, 0.3) is 11.1 Å². The summed E-state index contributed by atoms with van der Waals surface area (Å²) in [5.74, 6) is 3.75. The number of oxazole rings is 1.